The molecule has 2 N–H and O–H groups in total. The highest BCUT2D eigenvalue weighted by molar-refractivity contribution is 7.89. The molecule has 118 valence electrons. The second kappa shape index (κ2) is 5.70. The van der Waals surface area contributed by atoms with Crippen LogP contribution in [0.3, 0.4) is 0 Å². The summed E-state index contributed by atoms with van der Waals surface area (Å²) in [6.45, 7) is 5.34. The molecule has 2 aliphatic rings. The van der Waals surface area contributed by atoms with Crippen LogP contribution in [0.1, 0.15) is 38.4 Å². The van der Waals surface area contributed by atoms with E-state index in [1.54, 1.807) is 6.20 Å². The van der Waals surface area contributed by atoms with Crippen LogP contribution in [0.5, 0.6) is 0 Å². The minimum Gasteiger partial charge on any atom is -0.333 e. The average Bonchev–Trinajstić information content (AvgIpc) is 2.91. The Morgan fingerprint density at radius 3 is 3.00 bits per heavy atom. The van der Waals surface area contributed by atoms with Crippen LogP contribution in [-0.2, 0) is 23.0 Å². The van der Waals surface area contributed by atoms with Crippen LogP contribution in [0.2, 0.25) is 0 Å². The number of imidazole rings is 1. The number of nitrogens with one attached hydrogen (secondary N) is 2. The van der Waals surface area contributed by atoms with Gasteiger partial charge in [-0.05, 0) is 37.6 Å². The number of nitrogens with zero attached hydrogens (tertiary/aromatic N) is 2. The zero-order chi connectivity index (χ0) is 14.9. The van der Waals surface area contributed by atoms with Gasteiger partial charge >= 0.3 is 0 Å². The van der Waals surface area contributed by atoms with Crippen molar-refractivity contribution in [2.75, 3.05) is 19.6 Å². The molecule has 0 aliphatic carbocycles. The topological polar surface area (TPSA) is 76.0 Å². The van der Waals surface area contributed by atoms with E-state index in [9.17, 15) is 8.42 Å². The molecule has 1 unspecified atom stereocenters. The summed E-state index contributed by atoms with van der Waals surface area (Å²) in [7, 11) is -3.50. The summed E-state index contributed by atoms with van der Waals surface area (Å²) < 4.78 is 29.6. The molecule has 1 aromatic rings. The molecular weight excluding hydrogens is 288 g/mol. The van der Waals surface area contributed by atoms with Gasteiger partial charge in [0.25, 0.3) is 10.0 Å². The summed E-state index contributed by atoms with van der Waals surface area (Å²) in [5.74, 6) is 0.896. The quantitative estimate of drug-likeness (QED) is 0.865. The molecule has 1 aromatic heterocycles. The van der Waals surface area contributed by atoms with Crippen LogP contribution < -0.4 is 10.0 Å². The van der Waals surface area contributed by atoms with Crippen molar-refractivity contribution in [3.05, 3.63) is 12.0 Å². The van der Waals surface area contributed by atoms with E-state index in [1.807, 2.05) is 4.57 Å². The summed E-state index contributed by atoms with van der Waals surface area (Å²) >= 11 is 0. The molecular formula is C14H24N4O2S. The molecule has 2 aliphatic heterocycles. The number of aromatic nitrogens is 2. The molecule has 6 nitrogen and oxygen atoms in total. The normalized spacial score (nSPS) is 26.5. The Balaban J connectivity index is 1.70. The van der Waals surface area contributed by atoms with Crippen molar-refractivity contribution in [1.29, 1.82) is 0 Å². The van der Waals surface area contributed by atoms with E-state index in [1.165, 1.54) is 0 Å². The smallest absolute Gasteiger partial charge is 0.259 e. The lowest BCUT2D eigenvalue weighted by molar-refractivity contribution is 0.238. The van der Waals surface area contributed by atoms with E-state index in [2.05, 4.69) is 21.9 Å². The summed E-state index contributed by atoms with van der Waals surface area (Å²) in [6.07, 6.45) is 6.88. The van der Waals surface area contributed by atoms with Gasteiger partial charge in [-0.25, -0.2) is 18.1 Å². The first-order chi connectivity index (χ1) is 9.99. The van der Waals surface area contributed by atoms with Crippen molar-refractivity contribution >= 4 is 10.0 Å². The third kappa shape index (κ3) is 3.30. The fraction of sp³-hybridized carbons (Fsp3) is 0.786. The van der Waals surface area contributed by atoms with Crippen molar-refractivity contribution in [2.24, 2.45) is 5.41 Å². The van der Waals surface area contributed by atoms with Gasteiger partial charge < -0.3 is 9.88 Å². The highest BCUT2D eigenvalue weighted by Gasteiger charge is 2.30. The number of rotatable bonds is 4. The van der Waals surface area contributed by atoms with E-state index >= 15 is 0 Å². The van der Waals surface area contributed by atoms with Crippen molar-refractivity contribution < 1.29 is 8.42 Å². The average molecular weight is 312 g/mol. The first kappa shape index (κ1) is 15.0. The Hall–Kier alpha value is -0.920. The zero-order valence-corrected chi connectivity index (χ0v) is 13.4. The van der Waals surface area contributed by atoms with Crippen LogP contribution in [0.4, 0.5) is 0 Å². The number of fused-ring (bicyclic) bond motifs is 1. The third-order valence-electron chi connectivity index (χ3n) is 4.54. The van der Waals surface area contributed by atoms with Gasteiger partial charge in [0.1, 0.15) is 5.82 Å². The summed E-state index contributed by atoms with van der Waals surface area (Å²) in [4.78, 5) is 4.31. The Labute approximate surface area is 126 Å². The van der Waals surface area contributed by atoms with Crippen molar-refractivity contribution in [3.63, 3.8) is 0 Å². The van der Waals surface area contributed by atoms with Crippen molar-refractivity contribution in [2.45, 2.75) is 50.6 Å². The molecule has 0 aromatic carbocycles. The maximum atomic E-state index is 12.4. The maximum absolute atomic E-state index is 12.4. The molecule has 0 radical (unpaired) electrons. The zero-order valence-electron chi connectivity index (χ0n) is 12.6. The van der Waals surface area contributed by atoms with Gasteiger partial charge in [0.05, 0.1) is 0 Å². The fourth-order valence-corrected chi connectivity index (χ4v) is 4.31. The summed E-state index contributed by atoms with van der Waals surface area (Å²) in [5.41, 5.74) is -0.00925. The lowest BCUT2D eigenvalue weighted by Gasteiger charge is -2.34. The van der Waals surface area contributed by atoms with E-state index in [0.29, 0.717) is 6.54 Å². The molecule has 1 atom stereocenters. The number of aryl methyl sites for hydroxylation is 2. The number of hydrogen-bond donors (Lipinski definition) is 2. The Kier molecular flexibility index (Phi) is 4.07. The highest BCUT2D eigenvalue weighted by atomic mass is 32.2. The van der Waals surface area contributed by atoms with Crippen LogP contribution >= 0.6 is 0 Å². The van der Waals surface area contributed by atoms with Crippen molar-refractivity contribution in [1.82, 2.24) is 19.6 Å². The SMILES string of the molecule is CC1(CNS(=O)(=O)c2cn3c(n2)CCCC3)CCCNC1. The van der Waals surface area contributed by atoms with Gasteiger partial charge in [0.2, 0.25) is 0 Å². The van der Waals surface area contributed by atoms with Gasteiger partial charge in [-0.15, -0.1) is 0 Å². The minimum absolute atomic E-state index is 0.00925. The van der Waals surface area contributed by atoms with Crippen LogP contribution in [0.25, 0.3) is 0 Å². The van der Waals surface area contributed by atoms with E-state index < -0.39 is 10.0 Å². The number of hydrogen-bond acceptors (Lipinski definition) is 4. The highest BCUT2D eigenvalue weighted by Crippen LogP contribution is 2.25. The van der Waals surface area contributed by atoms with Crippen LogP contribution in [0, 0.1) is 5.41 Å². The molecule has 0 bridgehead atoms. The molecule has 0 saturated carbocycles. The predicted octanol–water partition coefficient (Wildman–Crippen LogP) is 0.887. The molecule has 0 spiro atoms. The lowest BCUT2D eigenvalue weighted by atomic mass is 9.83. The second-order valence-corrected chi connectivity index (χ2v) is 8.28. The van der Waals surface area contributed by atoms with Gasteiger partial charge in [0.15, 0.2) is 5.03 Å². The van der Waals surface area contributed by atoms with Crippen LogP contribution in [0.15, 0.2) is 11.2 Å². The molecule has 1 saturated heterocycles. The Morgan fingerprint density at radius 1 is 1.43 bits per heavy atom. The second-order valence-electron chi connectivity index (χ2n) is 6.56. The largest absolute Gasteiger partial charge is 0.333 e. The van der Waals surface area contributed by atoms with Crippen molar-refractivity contribution in [3.8, 4) is 0 Å². The standard InChI is InChI=1S/C14H24N4O2S/c1-14(6-4-7-15-10-14)11-16-21(19,20)13-9-18-8-3-2-5-12(18)17-13/h9,15-16H,2-8,10-11H2,1H3. The van der Waals surface area contributed by atoms with E-state index in [4.69, 9.17) is 0 Å². The fourth-order valence-electron chi connectivity index (χ4n) is 3.13. The Bertz CT molecular complexity index is 579. The molecule has 1 fully saturated rings. The Morgan fingerprint density at radius 2 is 2.29 bits per heavy atom. The lowest BCUT2D eigenvalue weighted by Crippen LogP contribution is -2.45. The summed E-state index contributed by atoms with van der Waals surface area (Å²) in [5, 5.41) is 3.51. The number of sulfonamides is 1. The van der Waals surface area contributed by atoms with Gasteiger partial charge in [-0.3, -0.25) is 0 Å². The molecule has 21 heavy (non-hydrogen) atoms. The maximum Gasteiger partial charge on any atom is 0.259 e. The molecule has 3 heterocycles. The predicted molar refractivity (Wildman–Crippen MR) is 80.6 cm³/mol. The van der Waals surface area contributed by atoms with Crippen LogP contribution in [-0.4, -0.2) is 37.6 Å². The van der Waals surface area contributed by atoms with Gasteiger partial charge in [-0.2, -0.15) is 0 Å². The molecule has 3 rings (SSSR count). The van der Waals surface area contributed by atoms with E-state index in [-0.39, 0.29) is 10.4 Å². The summed E-state index contributed by atoms with van der Waals surface area (Å²) in [6, 6.07) is 0. The van der Waals surface area contributed by atoms with Gasteiger partial charge in [0, 0.05) is 32.3 Å². The van der Waals surface area contributed by atoms with Gasteiger partial charge in [-0.1, -0.05) is 6.92 Å². The molecule has 0 amide bonds. The first-order valence-corrected chi connectivity index (χ1v) is 9.23. The third-order valence-corrected chi connectivity index (χ3v) is 5.81. The molecule has 7 heteroatoms. The van der Waals surface area contributed by atoms with E-state index in [0.717, 1.165) is 57.6 Å². The number of piperidine rings is 1. The monoisotopic (exact) mass is 312 g/mol. The first-order valence-electron chi connectivity index (χ1n) is 7.75. The minimum atomic E-state index is -3.50.